The normalized spacial score (nSPS) is 19.7. The van der Waals surface area contributed by atoms with Gasteiger partial charge < -0.3 is 15.1 Å². The van der Waals surface area contributed by atoms with Crippen molar-refractivity contribution in [3.8, 4) is 0 Å². The summed E-state index contributed by atoms with van der Waals surface area (Å²) in [4.78, 5) is 20.2. The average Bonchev–Trinajstić information content (AvgIpc) is 2.47. The number of nitrogens with one attached hydrogen (secondary N) is 1. The van der Waals surface area contributed by atoms with Crippen LogP contribution in [0.3, 0.4) is 0 Å². The molecule has 0 aliphatic carbocycles. The molecule has 1 saturated heterocycles. The molecule has 1 atom stereocenters. The maximum Gasteiger partial charge on any atom is 0.232 e. The molecule has 118 valence electrons. The van der Waals surface area contributed by atoms with Gasteiger partial charge in [0.25, 0.3) is 0 Å². The summed E-state index contributed by atoms with van der Waals surface area (Å²) >= 11 is 0. The molecule has 1 N–H and O–H groups in total. The third-order valence-corrected chi connectivity index (χ3v) is 3.80. The van der Waals surface area contributed by atoms with Gasteiger partial charge in [0, 0.05) is 46.3 Å². The molecular weight excluding hydrogens is 266 g/mol. The number of likely N-dealkylation sites (N-methyl/N-ethyl adjacent to an activating group) is 1. The fourth-order valence-corrected chi connectivity index (χ4v) is 2.58. The van der Waals surface area contributed by atoms with Gasteiger partial charge in [-0.05, 0) is 20.4 Å². The smallest absolute Gasteiger partial charge is 0.232 e. The number of hydrogen-bond acceptors (Lipinski definition) is 7. The third kappa shape index (κ3) is 3.72. The Labute approximate surface area is 127 Å². The Kier molecular flexibility index (Phi) is 5.17. The van der Waals surface area contributed by atoms with E-state index in [-0.39, 0.29) is 0 Å². The van der Waals surface area contributed by atoms with Crippen LogP contribution in [0.4, 0.5) is 17.8 Å². The van der Waals surface area contributed by atoms with Crippen LogP contribution in [0.5, 0.6) is 0 Å². The fourth-order valence-electron chi connectivity index (χ4n) is 2.58. The number of anilines is 3. The predicted octanol–water partition coefficient (Wildman–Crippen LogP) is 0.900. The van der Waals surface area contributed by atoms with E-state index in [9.17, 15) is 0 Å². The first-order valence-electron chi connectivity index (χ1n) is 7.71. The number of hydrogen-bond donors (Lipinski definition) is 1. The summed E-state index contributed by atoms with van der Waals surface area (Å²) in [7, 11) is 3.90. The van der Waals surface area contributed by atoms with E-state index in [1.807, 2.05) is 25.9 Å². The van der Waals surface area contributed by atoms with Crippen LogP contribution in [-0.2, 0) is 0 Å². The Hall–Kier alpha value is -1.63. The molecule has 0 amide bonds. The predicted molar refractivity (Wildman–Crippen MR) is 87.2 cm³/mol. The van der Waals surface area contributed by atoms with Gasteiger partial charge in [-0.3, -0.25) is 4.90 Å². The molecule has 0 spiro atoms. The monoisotopic (exact) mass is 293 g/mol. The van der Waals surface area contributed by atoms with Crippen molar-refractivity contribution in [2.45, 2.75) is 26.8 Å². The van der Waals surface area contributed by atoms with Gasteiger partial charge in [-0.25, -0.2) is 0 Å². The zero-order valence-corrected chi connectivity index (χ0v) is 13.8. The second-order valence-electron chi connectivity index (χ2n) is 5.61. The van der Waals surface area contributed by atoms with Crippen LogP contribution < -0.4 is 15.1 Å². The molecule has 1 aliphatic rings. The van der Waals surface area contributed by atoms with Gasteiger partial charge in [0.15, 0.2) is 0 Å². The standard InChI is InChI=1S/C14H27N7/c1-6-15-12-16-13(19(4)5)18-14(17-12)21-9-8-20(7-2)11(3)10-21/h11H,6-10H2,1-5H3,(H,15,16,17,18). The number of rotatable bonds is 5. The van der Waals surface area contributed by atoms with Gasteiger partial charge >= 0.3 is 0 Å². The summed E-state index contributed by atoms with van der Waals surface area (Å²) in [5.74, 6) is 2.12. The van der Waals surface area contributed by atoms with Crippen molar-refractivity contribution < 1.29 is 0 Å². The van der Waals surface area contributed by atoms with Crippen LogP contribution in [-0.4, -0.2) is 72.7 Å². The minimum absolute atomic E-state index is 0.519. The molecule has 0 radical (unpaired) electrons. The molecule has 7 heteroatoms. The van der Waals surface area contributed by atoms with Crippen LogP contribution in [0.1, 0.15) is 20.8 Å². The quantitative estimate of drug-likeness (QED) is 0.865. The summed E-state index contributed by atoms with van der Waals surface area (Å²) in [6.45, 7) is 11.4. The highest BCUT2D eigenvalue weighted by Crippen LogP contribution is 2.18. The molecule has 2 rings (SSSR count). The SMILES string of the molecule is CCNc1nc(N(C)C)nc(N2CCN(CC)C(C)C2)n1. The van der Waals surface area contributed by atoms with Gasteiger partial charge in [0.2, 0.25) is 17.8 Å². The molecule has 0 bridgehead atoms. The first kappa shape index (κ1) is 15.8. The van der Waals surface area contributed by atoms with Crippen molar-refractivity contribution in [1.82, 2.24) is 19.9 Å². The molecule has 1 fully saturated rings. The lowest BCUT2D eigenvalue weighted by Crippen LogP contribution is -2.52. The fraction of sp³-hybridized carbons (Fsp3) is 0.786. The van der Waals surface area contributed by atoms with E-state index in [0.29, 0.717) is 17.9 Å². The Morgan fingerprint density at radius 1 is 1.19 bits per heavy atom. The lowest BCUT2D eigenvalue weighted by atomic mass is 10.2. The first-order chi connectivity index (χ1) is 10.0. The highest BCUT2D eigenvalue weighted by Gasteiger charge is 2.25. The van der Waals surface area contributed by atoms with Crippen LogP contribution >= 0.6 is 0 Å². The van der Waals surface area contributed by atoms with Crippen molar-refractivity contribution in [3.63, 3.8) is 0 Å². The first-order valence-corrected chi connectivity index (χ1v) is 7.71. The van der Waals surface area contributed by atoms with Crippen molar-refractivity contribution >= 4 is 17.8 Å². The summed E-state index contributed by atoms with van der Waals surface area (Å²) in [5, 5.41) is 3.19. The van der Waals surface area contributed by atoms with E-state index in [1.54, 1.807) is 0 Å². The van der Waals surface area contributed by atoms with Crippen molar-refractivity contribution in [2.24, 2.45) is 0 Å². The van der Waals surface area contributed by atoms with Gasteiger partial charge in [-0.2, -0.15) is 15.0 Å². The zero-order valence-electron chi connectivity index (χ0n) is 13.8. The van der Waals surface area contributed by atoms with E-state index in [1.165, 1.54) is 0 Å². The zero-order chi connectivity index (χ0) is 15.4. The summed E-state index contributed by atoms with van der Waals surface area (Å²) in [5.41, 5.74) is 0. The van der Waals surface area contributed by atoms with Gasteiger partial charge in [-0.1, -0.05) is 6.92 Å². The molecule has 1 aliphatic heterocycles. The molecule has 1 unspecified atom stereocenters. The van der Waals surface area contributed by atoms with Crippen LogP contribution in [0.15, 0.2) is 0 Å². The minimum atomic E-state index is 0.519. The lowest BCUT2D eigenvalue weighted by molar-refractivity contribution is 0.198. The summed E-state index contributed by atoms with van der Waals surface area (Å²) in [6, 6.07) is 0.519. The minimum Gasteiger partial charge on any atom is -0.354 e. The Morgan fingerprint density at radius 2 is 1.95 bits per heavy atom. The number of nitrogens with zero attached hydrogens (tertiary/aromatic N) is 6. The second-order valence-corrected chi connectivity index (χ2v) is 5.61. The van der Waals surface area contributed by atoms with Gasteiger partial charge in [-0.15, -0.1) is 0 Å². The van der Waals surface area contributed by atoms with Crippen molar-refractivity contribution in [2.75, 3.05) is 61.9 Å². The second kappa shape index (κ2) is 6.89. The molecule has 0 aromatic carbocycles. The molecule has 21 heavy (non-hydrogen) atoms. The molecule has 1 aromatic heterocycles. The van der Waals surface area contributed by atoms with E-state index >= 15 is 0 Å². The van der Waals surface area contributed by atoms with E-state index in [0.717, 1.165) is 38.7 Å². The van der Waals surface area contributed by atoms with Gasteiger partial charge in [0.05, 0.1) is 0 Å². The molecule has 2 heterocycles. The van der Waals surface area contributed by atoms with Crippen molar-refractivity contribution in [3.05, 3.63) is 0 Å². The topological polar surface area (TPSA) is 60.4 Å². The van der Waals surface area contributed by atoms with Crippen LogP contribution in [0, 0.1) is 0 Å². The van der Waals surface area contributed by atoms with Crippen LogP contribution in [0.25, 0.3) is 0 Å². The third-order valence-electron chi connectivity index (χ3n) is 3.80. The number of aromatic nitrogens is 3. The highest BCUT2D eigenvalue weighted by molar-refractivity contribution is 5.45. The maximum atomic E-state index is 4.60. The Bertz CT molecular complexity index is 463. The molecule has 0 saturated carbocycles. The Morgan fingerprint density at radius 3 is 2.52 bits per heavy atom. The summed E-state index contributed by atoms with van der Waals surface area (Å²) in [6.07, 6.45) is 0. The summed E-state index contributed by atoms with van der Waals surface area (Å²) < 4.78 is 0. The molecular formula is C14H27N7. The largest absolute Gasteiger partial charge is 0.354 e. The van der Waals surface area contributed by atoms with Crippen LogP contribution in [0.2, 0.25) is 0 Å². The van der Waals surface area contributed by atoms with E-state index in [2.05, 4.69) is 43.9 Å². The lowest BCUT2D eigenvalue weighted by Gasteiger charge is -2.39. The van der Waals surface area contributed by atoms with Crippen molar-refractivity contribution in [1.29, 1.82) is 0 Å². The molecule has 1 aromatic rings. The molecule has 7 nitrogen and oxygen atoms in total. The van der Waals surface area contributed by atoms with E-state index in [4.69, 9.17) is 0 Å². The number of piperazine rings is 1. The van der Waals surface area contributed by atoms with Gasteiger partial charge in [0.1, 0.15) is 0 Å². The highest BCUT2D eigenvalue weighted by atomic mass is 15.4. The maximum absolute atomic E-state index is 4.60. The Balaban J connectivity index is 2.22. The average molecular weight is 293 g/mol. The van der Waals surface area contributed by atoms with E-state index < -0.39 is 0 Å².